The summed E-state index contributed by atoms with van der Waals surface area (Å²) in [5.74, 6) is 1.44. The summed E-state index contributed by atoms with van der Waals surface area (Å²) < 4.78 is 38.2. The number of thioether (sulfide) groups is 1. The van der Waals surface area contributed by atoms with E-state index in [0.29, 0.717) is 47.5 Å². The number of ether oxygens (including phenoxy) is 2. The van der Waals surface area contributed by atoms with Gasteiger partial charge in [0.05, 0.1) is 16.0 Å². The number of carbonyl (C=O) groups excluding carboxylic acids is 1. The summed E-state index contributed by atoms with van der Waals surface area (Å²) in [6.45, 7) is 2.52. The number of fused-ring (bicyclic) bond motifs is 2. The number of nitrogens with zero attached hydrogens (tertiary/aromatic N) is 1. The first-order chi connectivity index (χ1) is 12.9. The molecule has 1 atom stereocenters. The number of anilines is 1. The number of carbonyl (C=O) groups is 1. The minimum atomic E-state index is -3.49. The van der Waals surface area contributed by atoms with Gasteiger partial charge < -0.3 is 14.8 Å². The zero-order valence-corrected chi connectivity index (χ0v) is 17.4. The van der Waals surface area contributed by atoms with Gasteiger partial charge in [0.1, 0.15) is 19.3 Å². The second kappa shape index (κ2) is 8.63. The summed E-state index contributed by atoms with van der Waals surface area (Å²) in [5, 5.41) is 3.13. The molecule has 27 heavy (non-hydrogen) atoms. The lowest BCUT2D eigenvalue weighted by Crippen LogP contribution is -2.44. The second-order valence-electron chi connectivity index (χ2n) is 5.83. The third kappa shape index (κ3) is 5.03. The molecule has 1 unspecified atom stereocenters. The predicted octanol–water partition coefficient (Wildman–Crippen LogP) is 2.07. The van der Waals surface area contributed by atoms with Crippen LogP contribution in [0.1, 0.15) is 13.3 Å². The molecule has 0 saturated heterocycles. The second-order valence-corrected chi connectivity index (χ2v) is 9.89. The van der Waals surface area contributed by atoms with Crippen molar-refractivity contribution in [3.05, 3.63) is 12.1 Å². The van der Waals surface area contributed by atoms with Crippen LogP contribution in [0.15, 0.2) is 12.1 Å². The van der Waals surface area contributed by atoms with Gasteiger partial charge in [0, 0.05) is 12.1 Å². The zero-order chi connectivity index (χ0) is 19.4. The van der Waals surface area contributed by atoms with Gasteiger partial charge in [-0.25, -0.2) is 18.1 Å². The molecule has 0 radical (unpaired) electrons. The van der Waals surface area contributed by atoms with Crippen LogP contribution in [0.5, 0.6) is 11.5 Å². The number of hydrogen-bond acceptors (Lipinski definition) is 8. The SMILES string of the molecule is CCS(=O)(=O)NC(CCSC)C(=O)Nc1nc2cc3c(cc2s1)OCCO3. The lowest BCUT2D eigenvalue weighted by Gasteiger charge is -2.17. The van der Waals surface area contributed by atoms with Gasteiger partial charge in [0.25, 0.3) is 0 Å². The molecule has 0 aliphatic carbocycles. The molecule has 1 aromatic heterocycles. The quantitative estimate of drug-likeness (QED) is 0.659. The first kappa shape index (κ1) is 20.2. The standard InChI is InChI=1S/C16H21N3O5S3/c1-3-27(21,22)19-10(4-7-25-2)15(20)18-16-17-11-8-12-13(9-14(11)26-16)24-6-5-23-12/h8-10,19H,3-7H2,1-2H3,(H,17,18,20). The van der Waals surface area contributed by atoms with Gasteiger partial charge in [-0.1, -0.05) is 11.3 Å². The monoisotopic (exact) mass is 431 g/mol. The van der Waals surface area contributed by atoms with Gasteiger partial charge in [0.15, 0.2) is 16.6 Å². The van der Waals surface area contributed by atoms with Crippen LogP contribution in [0.2, 0.25) is 0 Å². The molecular formula is C16H21N3O5S3. The van der Waals surface area contributed by atoms with E-state index in [1.807, 2.05) is 12.3 Å². The Morgan fingerprint density at radius 2 is 2.04 bits per heavy atom. The van der Waals surface area contributed by atoms with Crippen molar-refractivity contribution in [2.24, 2.45) is 0 Å². The highest BCUT2D eigenvalue weighted by atomic mass is 32.2. The van der Waals surface area contributed by atoms with Crippen molar-refractivity contribution in [3.63, 3.8) is 0 Å². The fraction of sp³-hybridized carbons (Fsp3) is 0.500. The Bertz CT molecular complexity index is 886. The number of amides is 1. The van der Waals surface area contributed by atoms with Crippen LogP contribution in [0.4, 0.5) is 5.13 Å². The van der Waals surface area contributed by atoms with E-state index in [4.69, 9.17) is 9.47 Å². The van der Waals surface area contributed by atoms with Crippen LogP contribution in [0.3, 0.4) is 0 Å². The highest BCUT2D eigenvalue weighted by molar-refractivity contribution is 7.98. The number of sulfonamides is 1. The molecule has 2 heterocycles. The third-order valence-corrected chi connectivity index (χ3v) is 6.89. The van der Waals surface area contributed by atoms with Crippen molar-refractivity contribution in [1.82, 2.24) is 9.71 Å². The first-order valence-corrected chi connectivity index (χ1v) is 12.3. The van der Waals surface area contributed by atoms with E-state index >= 15 is 0 Å². The number of nitrogens with one attached hydrogen (secondary N) is 2. The molecule has 8 nitrogen and oxygen atoms in total. The summed E-state index contributed by atoms with van der Waals surface area (Å²) in [6.07, 6.45) is 2.30. The van der Waals surface area contributed by atoms with E-state index in [-0.39, 0.29) is 5.75 Å². The molecule has 148 valence electrons. The maximum atomic E-state index is 12.6. The molecular weight excluding hydrogens is 410 g/mol. The summed E-state index contributed by atoms with van der Waals surface area (Å²) in [7, 11) is -3.49. The number of benzene rings is 1. The number of thiazole rings is 1. The topological polar surface area (TPSA) is 107 Å². The van der Waals surface area contributed by atoms with Crippen molar-refractivity contribution in [2.45, 2.75) is 19.4 Å². The molecule has 2 N–H and O–H groups in total. The Kier molecular flexibility index (Phi) is 6.45. The smallest absolute Gasteiger partial charge is 0.244 e. The summed E-state index contributed by atoms with van der Waals surface area (Å²) >= 11 is 2.85. The van der Waals surface area contributed by atoms with Gasteiger partial charge >= 0.3 is 0 Å². The molecule has 0 saturated carbocycles. The number of hydrogen-bond donors (Lipinski definition) is 2. The van der Waals surface area contributed by atoms with Crippen LogP contribution in [-0.2, 0) is 14.8 Å². The summed E-state index contributed by atoms with van der Waals surface area (Å²) in [5.41, 5.74) is 0.689. The average Bonchev–Trinajstić information content (AvgIpc) is 3.03. The fourth-order valence-electron chi connectivity index (χ4n) is 2.49. The Balaban J connectivity index is 1.78. The van der Waals surface area contributed by atoms with Gasteiger partial charge in [-0.15, -0.1) is 0 Å². The molecule has 0 fully saturated rings. The lowest BCUT2D eigenvalue weighted by atomic mass is 10.2. The Morgan fingerprint density at radius 1 is 1.33 bits per heavy atom. The van der Waals surface area contributed by atoms with E-state index in [2.05, 4.69) is 15.0 Å². The van der Waals surface area contributed by atoms with Crippen molar-refractivity contribution in [2.75, 3.05) is 36.3 Å². The van der Waals surface area contributed by atoms with Gasteiger partial charge in [0.2, 0.25) is 15.9 Å². The Labute approximate surface area is 166 Å². The predicted molar refractivity (Wildman–Crippen MR) is 109 cm³/mol. The van der Waals surface area contributed by atoms with Crippen LogP contribution >= 0.6 is 23.1 Å². The zero-order valence-electron chi connectivity index (χ0n) is 15.0. The van der Waals surface area contributed by atoms with Crippen LogP contribution in [0, 0.1) is 0 Å². The molecule has 11 heteroatoms. The van der Waals surface area contributed by atoms with E-state index in [9.17, 15) is 13.2 Å². The number of aromatic nitrogens is 1. The molecule has 1 aliphatic rings. The third-order valence-electron chi connectivity index (χ3n) is 3.91. The van der Waals surface area contributed by atoms with Crippen molar-refractivity contribution in [1.29, 1.82) is 0 Å². The van der Waals surface area contributed by atoms with Crippen molar-refractivity contribution in [3.8, 4) is 11.5 Å². The van der Waals surface area contributed by atoms with Gasteiger partial charge in [-0.05, 0) is 25.4 Å². The first-order valence-electron chi connectivity index (χ1n) is 8.42. The molecule has 1 aliphatic heterocycles. The van der Waals surface area contributed by atoms with Gasteiger partial charge in [-0.2, -0.15) is 11.8 Å². The highest BCUT2D eigenvalue weighted by Crippen LogP contribution is 2.37. The van der Waals surface area contributed by atoms with Crippen LogP contribution in [0.25, 0.3) is 10.2 Å². The van der Waals surface area contributed by atoms with E-state index < -0.39 is 22.0 Å². The van der Waals surface area contributed by atoms with Gasteiger partial charge in [-0.3, -0.25) is 4.79 Å². The van der Waals surface area contributed by atoms with E-state index in [1.54, 1.807) is 17.8 Å². The van der Waals surface area contributed by atoms with E-state index in [1.165, 1.54) is 18.3 Å². The molecule has 3 rings (SSSR count). The molecule has 1 aromatic carbocycles. The summed E-state index contributed by atoms with van der Waals surface area (Å²) in [4.78, 5) is 17.0. The summed E-state index contributed by atoms with van der Waals surface area (Å²) in [6, 6.07) is 2.78. The largest absolute Gasteiger partial charge is 0.486 e. The maximum absolute atomic E-state index is 12.6. The Morgan fingerprint density at radius 3 is 2.70 bits per heavy atom. The molecule has 2 aromatic rings. The highest BCUT2D eigenvalue weighted by Gasteiger charge is 2.24. The minimum absolute atomic E-state index is 0.0806. The minimum Gasteiger partial charge on any atom is -0.486 e. The van der Waals surface area contributed by atoms with Crippen LogP contribution < -0.4 is 19.5 Å². The Hall–Kier alpha value is -1.56. The number of rotatable bonds is 8. The van der Waals surface area contributed by atoms with Crippen LogP contribution in [-0.4, -0.2) is 56.3 Å². The fourth-order valence-corrected chi connectivity index (χ4v) is 4.67. The van der Waals surface area contributed by atoms with Crippen molar-refractivity contribution >= 4 is 54.4 Å². The normalized spacial score (nSPS) is 14.9. The van der Waals surface area contributed by atoms with E-state index in [0.717, 1.165) is 4.70 Å². The molecule has 0 bridgehead atoms. The molecule has 0 spiro atoms. The average molecular weight is 432 g/mol. The van der Waals surface area contributed by atoms with Crippen molar-refractivity contribution < 1.29 is 22.7 Å². The molecule has 1 amide bonds. The lowest BCUT2D eigenvalue weighted by molar-refractivity contribution is -0.117. The maximum Gasteiger partial charge on any atom is 0.244 e.